The van der Waals surface area contributed by atoms with Crippen molar-refractivity contribution in [2.75, 3.05) is 0 Å². The zero-order valence-electron chi connectivity index (χ0n) is 14.6. The van der Waals surface area contributed by atoms with Crippen molar-refractivity contribution in [2.45, 2.75) is 17.8 Å². The fourth-order valence-electron chi connectivity index (χ4n) is 2.82. The molecule has 5 nitrogen and oxygen atoms in total. The molecular weight excluding hydrogens is 439 g/mol. The number of thioether (sulfide) groups is 1. The standard InChI is InChI=1S/C19H13Cl3N4OS/c1-11-13(20)4-3-7-16(11)25-8-9-26-17(18(25)27)23-24-19(26)28-10-12-14(21)5-2-6-15(12)22/h2-9H,10H2,1H3. The summed E-state index contributed by atoms with van der Waals surface area (Å²) in [6.07, 6.45) is 3.44. The Morgan fingerprint density at radius 2 is 1.64 bits per heavy atom. The predicted molar refractivity (Wildman–Crippen MR) is 114 cm³/mol. The number of nitrogens with zero attached hydrogens (tertiary/aromatic N) is 4. The Bertz CT molecular complexity index is 1230. The number of hydrogen-bond donors (Lipinski definition) is 0. The highest BCUT2D eigenvalue weighted by Crippen LogP contribution is 2.31. The molecule has 0 fully saturated rings. The topological polar surface area (TPSA) is 52.2 Å². The molecule has 0 unspecified atom stereocenters. The highest BCUT2D eigenvalue weighted by molar-refractivity contribution is 7.98. The highest BCUT2D eigenvalue weighted by atomic mass is 35.5. The van der Waals surface area contributed by atoms with Crippen LogP contribution >= 0.6 is 46.6 Å². The molecule has 0 saturated heterocycles. The van der Waals surface area contributed by atoms with E-state index in [0.717, 1.165) is 11.1 Å². The molecule has 2 heterocycles. The van der Waals surface area contributed by atoms with Crippen LogP contribution < -0.4 is 5.56 Å². The van der Waals surface area contributed by atoms with Crippen LogP contribution in [0.25, 0.3) is 11.3 Å². The van der Waals surface area contributed by atoms with Crippen LogP contribution in [-0.2, 0) is 5.75 Å². The summed E-state index contributed by atoms with van der Waals surface area (Å²) in [5.74, 6) is 0.510. The number of benzene rings is 2. The zero-order chi connectivity index (χ0) is 19.8. The lowest BCUT2D eigenvalue weighted by Crippen LogP contribution is -2.21. The zero-order valence-corrected chi connectivity index (χ0v) is 17.6. The third-order valence-electron chi connectivity index (χ3n) is 4.35. The van der Waals surface area contributed by atoms with Crippen molar-refractivity contribution in [3.8, 4) is 5.69 Å². The van der Waals surface area contributed by atoms with Crippen molar-refractivity contribution in [2.24, 2.45) is 0 Å². The summed E-state index contributed by atoms with van der Waals surface area (Å²) in [6, 6.07) is 10.8. The molecule has 0 aliphatic rings. The first-order valence-corrected chi connectivity index (χ1v) is 10.4. The molecule has 4 rings (SSSR count). The van der Waals surface area contributed by atoms with Crippen LogP contribution in [0.1, 0.15) is 11.1 Å². The first-order chi connectivity index (χ1) is 13.5. The van der Waals surface area contributed by atoms with E-state index in [1.165, 1.54) is 16.3 Å². The van der Waals surface area contributed by atoms with Gasteiger partial charge in [-0.2, -0.15) is 0 Å². The van der Waals surface area contributed by atoms with Gasteiger partial charge >= 0.3 is 5.56 Å². The highest BCUT2D eigenvalue weighted by Gasteiger charge is 2.15. The van der Waals surface area contributed by atoms with Gasteiger partial charge in [0.15, 0.2) is 5.16 Å². The van der Waals surface area contributed by atoms with Crippen molar-refractivity contribution in [1.82, 2.24) is 19.2 Å². The van der Waals surface area contributed by atoms with E-state index in [1.54, 1.807) is 47.1 Å². The fraction of sp³-hybridized carbons (Fsp3) is 0.105. The molecule has 0 bridgehead atoms. The Morgan fingerprint density at radius 1 is 0.964 bits per heavy atom. The summed E-state index contributed by atoms with van der Waals surface area (Å²) in [6.45, 7) is 1.87. The Labute approximate surface area is 179 Å². The largest absolute Gasteiger partial charge is 0.300 e. The maximum Gasteiger partial charge on any atom is 0.300 e. The van der Waals surface area contributed by atoms with Gasteiger partial charge in [-0.1, -0.05) is 58.7 Å². The molecule has 9 heteroatoms. The number of halogens is 3. The summed E-state index contributed by atoms with van der Waals surface area (Å²) in [7, 11) is 0. The van der Waals surface area contributed by atoms with Crippen molar-refractivity contribution in [1.29, 1.82) is 0 Å². The second kappa shape index (κ2) is 7.79. The van der Waals surface area contributed by atoms with Gasteiger partial charge in [-0.3, -0.25) is 13.8 Å². The van der Waals surface area contributed by atoms with Crippen LogP contribution in [0.2, 0.25) is 15.1 Å². The monoisotopic (exact) mass is 450 g/mol. The molecule has 0 aliphatic heterocycles. The van der Waals surface area contributed by atoms with E-state index in [-0.39, 0.29) is 11.2 Å². The van der Waals surface area contributed by atoms with Gasteiger partial charge in [0.1, 0.15) is 0 Å². The molecule has 0 radical (unpaired) electrons. The lowest BCUT2D eigenvalue weighted by atomic mass is 10.2. The number of hydrogen-bond acceptors (Lipinski definition) is 4. The van der Waals surface area contributed by atoms with Gasteiger partial charge in [0, 0.05) is 33.2 Å². The average Bonchev–Trinajstić information content (AvgIpc) is 3.08. The Morgan fingerprint density at radius 3 is 2.39 bits per heavy atom. The molecule has 142 valence electrons. The van der Waals surface area contributed by atoms with Gasteiger partial charge in [0.25, 0.3) is 0 Å². The van der Waals surface area contributed by atoms with Crippen molar-refractivity contribution in [3.05, 3.63) is 85.3 Å². The summed E-state index contributed by atoms with van der Waals surface area (Å²) < 4.78 is 3.18. The molecule has 0 N–H and O–H groups in total. The van der Waals surface area contributed by atoms with Gasteiger partial charge in [-0.05, 0) is 42.3 Å². The lowest BCUT2D eigenvalue weighted by molar-refractivity contribution is 0.890. The molecule has 2 aromatic heterocycles. The Hall–Kier alpha value is -1.99. The first-order valence-electron chi connectivity index (χ1n) is 8.25. The first kappa shape index (κ1) is 19.3. The minimum absolute atomic E-state index is 0.231. The van der Waals surface area contributed by atoms with Gasteiger partial charge in [0.2, 0.25) is 5.65 Å². The molecule has 28 heavy (non-hydrogen) atoms. The van der Waals surface area contributed by atoms with Gasteiger partial charge in [0.05, 0.1) is 5.69 Å². The average molecular weight is 452 g/mol. The van der Waals surface area contributed by atoms with Crippen LogP contribution in [0.4, 0.5) is 0 Å². The third kappa shape index (κ3) is 3.42. The molecular formula is C19H13Cl3N4OS. The second-order valence-corrected chi connectivity index (χ2v) is 8.19. The van der Waals surface area contributed by atoms with E-state index in [4.69, 9.17) is 34.8 Å². The van der Waals surface area contributed by atoms with Gasteiger partial charge in [-0.15, -0.1) is 10.2 Å². The van der Waals surface area contributed by atoms with E-state index < -0.39 is 0 Å². The Kier molecular flexibility index (Phi) is 5.38. The predicted octanol–water partition coefficient (Wildman–Crippen LogP) is 5.44. The summed E-state index contributed by atoms with van der Waals surface area (Å²) in [5.41, 5.74) is 2.30. The van der Waals surface area contributed by atoms with Crippen LogP contribution in [0.15, 0.2) is 58.7 Å². The van der Waals surface area contributed by atoms with Crippen LogP contribution in [0, 0.1) is 6.92 Å². The molecule has 0 aliphatic carbocycles. The summed E-state index contributed by atoms with van der Waals surface area (Å²) in [5, 5.41) is 10.6. The molecule has 0 amide bonds. The minimum atomic E-state index is -0.275. The van der Waals surface area contributed by atoms with E-state index in [1.807, 2.05) is 13.0 Å². The van der Waals surface area contributed by atoms with Crippen LogP contribution in [0.5, 0.6) is 0 Å². The van der Waals surface area contributed by atoms with Crippen molar-refractivity contribution >= 4 is 52.2 Å². The summed E-state index contributed by atoms with van der Waals surface area (Å²) >= 11 is 20.0. The Balaban J connectivity index is 1.71. The number of aromatic nitrogens is 4. The van der Waals surface area contributed by atoms with Crippen molar-refractivity contribution in [3.63, 3.8) is 0 Å². The van der Waals surface area contributed by atoms with E-state index in [0.29, 0.717) is 31.7 Å². The second-order valence-electron chi connectivity index (χ2n) is 6.02. The van der Waals surface area contributed by atoms with Gasteiger partial charge < -0.3 is 0 Å². The van der Waals surface area contributed by atoms with Crippen molar-refractivity contribution < 1.29 is 0 Å². The van der Waals surface area contributed by atoms with E-state index in [2.05, 4.69) is 10.2 Å². The minimum Gasteiger partial charge on any atom is -0.279 e. The molecule has 0 saturated carbocycles. The lowest BCUT2D eigenvalue weighted by Gasteiger charge is -2.10. The smallest absolute Gasteiger partial charge is 0.279 e. The molecule has 0 spiro atoms. The molecule has 4 aromatic rings. The SMILES string of the molecule is Cc1c(Cl)cccc1-n1ccn2c(SCc3c(Cl)cccc3Cl)nnc2c1=O. The quantitative estimate of drug-likeness (QED) is 0.388. The van der Waals surface area contributed by atoms with Gasteiger partial charge in [-0.25, -0.2) is 0 Å². The van der Waals surface area contributed by atoms with E-state index >= 15 is 0 Å². The van der Waals surface area contributed by atoms with E-state index in [9.17, 15) is 4.79 Å². The molecule has 2 aromatic carbocycles. The maximum absolute atomic E-state index is 12.9. The van der Waals surface area contributed by atoms with Crippen LogP contribution in [-0.4, -0.2) is 19.2 Å². The number of fused-ring (bicyclic) bond motifs is 1. The third-order valence-corrected chi connectivity index (χ3v) is 6.43. The molecule has 0 atom stereocenters. The normalized spacial score (nSPS) is 11.3. The number of rotatable bonds is 4. The summed E-state index contributed by atoms with van der Waals surface area (Å²) in [4.78, 5) is 12.9. The fourth-order valence-corrected chi connectivity index (χ4v) is 4.65. The van der Waals surface area contributed by atoms with Crippen LogP contribution in [0.3, 0.4) is 0 Å². The maximum atomic E-state index is 12.9.